The minimum absolute atomic E-state index is 0.0688. The van der Waals surface area contributed by atoms with Crippen molar-refractivity contribution in [3.63, 3.8) is 0 Å². The van der Waals surface area contributed by atoms with Crippen LogP contribution in [0.2, 0.25) is 0 Å². The second-order valence-corrected chi connectivity index (χ2v) is 5.10. The van der Waals surface area contributed by atoms with Crippen molar-refractivity contribution in [3.8, 4) is 0 Å². The van der Waals surface area contributed by atoms with Crippen LogP contribution in [-0.4, -0.2) is 5.11 Å². The van der Waals surface area contributed by atoms with E-state index in [1.807, 2.05) is 0 Å². The van der Waals surface area contributed by atoms with Gasteiger partial charge in [0.2, 0.25) is 0 Å². The SMILES string of the molecule is OC(Cc1cccs1)c1cc(F)cc(C(F)(F)F)c1. The third-order valence-electron chi connectivity index (χ3n) is 2.61. The monoisotopic (exact) mass is 290 g/mol. The van der Waals surface area contributed by atoms with Crippen LogP contribution in [0, 0.1) is 5.82 Å². The molecular weight excluding hydrogens is 280 g/mol. The van der Waals surface area contributed by atoms with Crippen LogP contribution in [-0.2, 0) is 12.6 Å². The molecule has 0 saturated carbocycles. The highest BCUT2D eigenvalue weighted by Gasteiger charge is 2.31. The third kappa shape index (κ3) is 3.54. The number of halogens is 4. The Morgan fingerprint density at radius 1 is 1.21 bits per heavy atom. The van der Waals surface area contributed by atoms with Crippen LogP contribution in [0.5, 0.6) is 0 Å². The van der Waals surface area contributed by atoms with Gasteiger partial charge in [0.1, 0.15) is 5.82 Å². The molecule has 6 heteroatoms. The molecule has 1 nitrogen and oxygen atoms in total. The van der Waals surface area contributed by atoms with Gasteiger partial charge in [0.25, 0.3) is 0 Å². The summed E-state index contributed by atoms with van der Waals surface area (Å²) in [7, 11) is 0. The van der Waals surface area contributed by atoms with Crippen LogP contribution >= 0.6 is 11.3 Å². The van der Waals surface area contributed by atoms with Gasteiger partial charge in [0, 0.05) is 11.3 Å². The Morgan fingerprint density at radius 3 is 2.53 bits per heavy atom. The minimum Gasteiger partial charge on any atom is -0.388 e. The number of thiophene rings is 1. The first-order chi connectivity index (χ1) is 8.86. The standard InChI is InChI=1S/C13H10F4OS/c14-10-5-8(4-9(6-10)13(15,16)17)12(18)7-11-2-1-3-19-11/h1-6,12,18H,7H2. The summed E-state index contributed by atoms with van der Waals surface area (Å²) in [6.45, 7) is 0. The minimum atomic E-state index is -4.63. The number of aliphatic hydroxyl groups is 1. The first-order valence-corrected chi connectivity index (χ1v) is 6.32. The molecule has 2 aromatic rings. The van der Waals surface area contributed by atoms with E-state index in [0.717, 1.165) is 17.0 Å². The highest BCUT2D eigenvalue weighted by molar-refractivity contribution is 7.09. The fourth-order valence-electron chi connectivity index (χ4n) is 1.71. The lowest BCUT2D eigenvalue weighted by Gasteiger charge is -2.13. The van der Waals surface area contributed by atoms with E-state index in [1.54, 1.807) is 17.5 Å². The molecule has 1 N–H and O–H groups in total. The van der Waals surface area contributed by atoms with E-state index >= 15 is 0 Å². The maximum Gasteiger partial charge on any atom is 0.416 e. The lowest BCUT2D eigenvalue weighted by Crippen LogP contribution is -2.09. The average Bonchev–Trinajstić information content (AvgIpc) is 2.79. The molecule has 0 amide bonds. The summed E-state index contributed by atoms with van der Waals surface area (Å²) in [5, 5.41) is 11.7. The van der Waals surface area contributed by atoms with Crippen LogP contribution in [0.3, 0.4) is 0 Å². The molecular formula is C13H10F4OS. The van der Waals surface area contributed by atoms with Crippen LogP contribution in [0.4, 0.5) is 17.6 Å². The van der Waals surface area contributed by atoms with Crippen molar-refractivity contribution in [1.82, 2.24) is 0 Å². The highest BCUT2D eigenvalue weighted by atomic mass is 32.1. The van der Waals surface area contributed by atoms with Crippen LogP contribution in [0.1, 0.15) is 22.1 Å². The van der Waals surface area contributed by atoms with Gasteiger partial charge in [-0.15, -0.1) is 11.3 Å². The van der Waals surface area contributed by atoms with E-state index in [1.165, 1.54) is 11.3 Å². The van der Waals surface area contributed by atoms with Crippen LogP contribution in [0.25, 0.3) is 0 Å². The summed E-state index contributed by atoms with van der Waals surface area (Å²) in [5.41, 5.74) is -1.16. The molecule has 0 saturated heterocycles. The number of rotatable bonds is 3. The van der Waals surface area contributed by atoms with E-state index in [0.29, 0.717) is 6.07 Å². The lowest BCUT2D eigenvalue weighted by molar-refractivity contribution is -0.137. The van der Waals surface area contributed by atoms with E-state index in [2.05, 4.69) is 0 Å². The van der Waals surface area contributed by atoms with E-state index < -0.39 is 23.7 Å². The summed E-state index contributed by atoms with van der Waals surface area (Å²) < 4.78 is 50.8. The summed E-state index contributed by atoms with van der Waals surface area (Å²) in [5.74, 6) is -1.00. The van der Waals surface area contributed by atoms with Gasteiger partial charge in [-0.1, -0.05) is 6.07 Å². The maximum absolute atomic E-state index is 13.2. The van der Waals surface area contributed by atoms with E-state index in [9.17, 15) is 22.7 Å². The molecule has 0 fully saturated rings. The van der Waals surface area contributed by atoms with Gasteiger partial charge < -0.3 is 5.11 Å². The Kier molecular flexibility index (Phi) is 3.91. The van der Waals surface area contributed by atoms with Gasteiger partial charge in [-0.05, 0) is 35.2 Å². The quantitative estimate of drug-likeness (QED) is 0.841. The second kappa shape index (κ2) is 5.30. The molecule has 1 unspecified atom stereocenters. The van der Waals surface area contributed by atoms with Crippen LogP contribution < -0.4 is 0 Å². The molecule has 0 spiro atoms. The van der Waals surface area contributed by atoms with Crippen molar-refractivity contribution in [1.29, 1.82) is 0 Å². The fourth-order valence-corrected chi connectivity index (χ4v) is 2.45. The molecule has 0 bridgehead atoms. The predicted octanol–water partition coefficient (Wildman–Crippen LogP) is 4.18. The molecule has 0 aliphatic rings. The zero-order valence-electron chi connectivity index (χ0n) is 9.62. The highest BCUT2D eigenvalue weighted by Crippen LogP contribution is 2.32. The number of alkyl halides is 3. The maximum atomic E-state index is 13.2. The molecule has 1 aromatic heterocycles. The summed E-state index contributed by atoms with van der Waals surface area (Å²) >= 11 is 1.38. The van der Waals surface area contributed by atoms with Gasteiger partial charge in [-0.2, -0.15) is 13.2 Å². The number of hydrogen-bond donors (Lipinski definition) is 1. The molecule has 0 aliphatic carbocycles. The van der Waals surface area contributed by atoms with Crippen molar-refractivity contribution in [2.24, 2.45) is 0 Å². The first-order valence-electron chi connectivity index (χ1n) is 5.44. The topological polar surface area (TPSA) is 20.2 Å². The zero-order valence-corrected chi connectivity index (χ0v) is 10.4. The van der Waals surface area contributed by atoms with Crippen molar-refractivity contribution in [3.05, 3.63) is 57.5 Å². The number of hydrogen-bond acceptors (Lipinski definition) is 2. The summed E-state index contributed by atoms with van der Waals surface area (Å²) in [6.07, 6.45) is -5.62. The average molecular weight is 290 g/mol. The first kappa shape index (κ1) is 14.0. The van der Waals surface area contributed by atoms with Crippen molar-refractivity contribution >= 4 is 11.3 Å². The molecule has 102 valence electrons. The molecule has 0 aliphatic heterocycles. The molecule has 19 heavy (non-hydrogen) atoms. The number of aliphatic hydroxyl groups excluding tert-OH is 1. The predicted molar refractivity (Wildman–Crippen MR) is 64.4 cm³/mol. The van der Waals surface area contributed by atoms with Crippen molar-refractivity contribution < 1.29 is 22.7 Å². The zero-order chi connectivity index (χ0) is 14.0. The summed E-state index contributed by atoms with van der Waals surface area (Å²) in [4.78, 5) is 0.824. The van der Waals surface area contributed by atoms with Gasteiger partial charge in [0.15, 0.2) is 0 Å². The molecule has 0 radical (unpaired) electrons. The molecule has 1 atom stereocenters. The van der Waals surface area contributed by atoms with E-state index in [4.69, 9.17) is 0 Å². The van der Waals surface area contributed by atoms with Crippen molar-refractivity contribution in [2.45, 2.75) is 18.7 Å². The normalized spacial score (nSPS) is 13.5. The Hall–Kier alpha value is -1.40. The van der Waals surface area contributed by atoms with Gasteiger partial charge in [-0.3, -0.25) is 0 Å². The van der Waals surface area contributed by atoms with Gasteiger partial charge in [0.05, 0.1) is 11.7 Å². The van der Waals surface area contributed by atoms with Gasteiger partial charge >= 0.3 is 6.18 Å². The Bertz CT molecular complexity index is 548. The molecule has 2 rings (SSSR count). The molecule has 1 heterocycles. The summed E-state index contributed by atoms with van der Waals surface area (Å²) in [6, 6.07) is 5.66. The Balaban J connectivity index is 2.26. The Morgan fingerprint density at radius 2 is 1.95 bits per heavy atom. The number of benzene rings is 1. The Labute approximate surface area is 111 Å². The third-order valence-corrected chi connectivity index (χ3v) is 3.51. The van der Waals surface area contributed by atoms with Gasteiger partial charge in [-0.25, -0.2) is 4.39 Å². The fraction of sp³-hybridized carbons (Fsp3) is 0.231. The largest absolute Gasteiger partial charge is 0.416 e. The van der Waals surface area contributed by atoms with Crippen LogP contribution in [0.15, 0.2) is 35.7 Å². The van der Waals surface area contributed by atoms with E-state index in [-0.39, 0.29) is 12.0 Å². The smallest absolute Gasteiger partial charge is 0.388 e. The lowest BCUT2D eigenvalue weighted by atomic mass is 10.0. The molecule has 1 aromatic carbocycles. The van der Waals surface area contributed by atoms with Crippen molar-refractivity contribution in [2.75, 3.05) is 0 Å². The second-order valence-electron chi connectivity index (χ2n) is 4.07.